The number of anilines is 1. The molecule has 0 saturated carbocycles. The quantitative estimate of drug-likeness (QED) is 0.861. The highest BCUT2D eigenvalue weighted by atomic mass is 32.2. The summed E-state index contributed by atoms with van der Waals surface area (Å²) in [5, 5.41) is 8.80. The van der Waals surface area contributed by atoms with Gasteiger partial charge in [0.05, 0.1) is 17.3 Å². The first-order valence-electron chi connectivity index (χ1n) is 6.66. The largest absolute Gasteiger partial charge is 0.398 e. The van der Waals surface area contributed by atoms with Crippen LogP contribution < -0.4 is 5.73 Å². The van der Waals surface area contributed by atoms with Crippen molar-refractivity contribution in [2.24, 2.45) is 11.8 Å². The maximum Gasteiger partial charge on any atom is 0.245 e. The highest BCUT2D eigenvalue weighted by molar-refractivity contribution is 7.89. The van der Waals surface area contributed by atoms with Gasteiger partial charge in [-0.05, 0) is 36.5 Å². The molecule has 2 rings (SSSR count). The molecule has 1 aromatic carbocycles. The maximum atomic E-state index is 12.6. The van der Waals surface area contributed by atoms with E-state index in [1.165, 1.54) is 22.5 Å². The number of nitrogens with two attached hydrogens (primary N) is 1. The third-order valence-electron chi connectivity index (χ3n) is 3.89. The summed E-state index contributed by atoms with van der Waals surface area (Å²) in [5.41, 5.74) is 6.29. The number of hydrogen-bond donors (Lipinski definition) is 1. The molecule has 1 aliphatic rings. The van der Waals surface area contributed by atoms with E-state index in [1.54, 1.807) is 0 Å². The molecule has 6 heteroatoms. The zero-order valence-electron chi connectivity index (χ0n) is 11.7. The van der Waals surface area contributed by atoms with Gasteiger partial charge in [-0.2, -0.15) is 9.57 Å². The van der Waals surface area contributed by atoms with Crippen LogP contribution in [0, 0.1) is 23.2 Å². The molecule has 1 aromatic rings. The third-order valence-corrected chi connectivity index (χ3v) is 5.83. The zero-order chi connectivity index (χ0) is 14.9. The monoisotopic (exact) mass is 293 g/mol. The minimum absolute atomic E-state index is 0.0981. The predicted molar refractivity (Wildman–Crippen MR) is 77.3 cm³/mol. The van der Waals surface area contributed by atoms with Crippen molar-refractivity contribution in [2.45, 2.75) is 25.2 Å². The van der Waals surface area contributed by atoms with Gasteiger partial charge in [0, 0.05) is 13.1 Å². The van der Waals surface area contributed by atoms with E-state index in [-0.39, 0.29) is 10.6 Å². The summed E-state index contributed by atoms with van der Waals surface area (Å²) in [7, 11) is -3.56. The topological polar surface area (TPSA) is 87.2 Å². The van der Waals surface area contributed by atoms with Crippen molar-refractivity contribution in [1.29, 1.82) is 5.26 Å². The van der Waals surface area contributed by atoms with Gasteiger partial charge in [0.1, 0.15) is 4.90 Å². The highest BCUT2D eigenvalue weighted by Crippen LogP contribution is 2.30. The third kappa shape index (κ3) is 2.65. The summed E-state index contributed by atoms with van der Waals surface area (Å²) in [6, 6.07) is 6.26. The van der Waals surface area contributed by atoms with E-state index >= 15 is 0 Å². The molecule has 1 atom stereocenters. The van der Waals surface area contributed by atoms with Crippen LogP contribution in [0.3, 0.4) is 0 Å². The van der Waals surface area contributed by atoms with Gasteiger partial charge in [0.2, 0.25) is 10.0 Å². The average Bonchev–Trinajstić information content (AvgIpc) is 2.88. The molecule has 1 unspecified atom stereocenters. The van der Waals surface area contributed by atoms with Gasteiger partial charge >= 0.3 is 0 Å². The van der Waals surface area contributed by atoms with Crippen LogP contribution in [0.25, 0.3) is 0 Å². The molecule has 5 nitrogen and oxygen atoms in total. The first-order chi connectivity index (χ1) is 9.36. The SMILES string of the molecule is CC(C)C1CCN(S(=O)(=O)c2ccc(C#N)cc2N)C1. The second-order valence-corrected chi connectivity index (χ2v) is 7.43. The molecule has 108 valence electrons. The lowest BCUT2D eigenvalue weighted by Gasteiger charge is -2.19. The molecule has 2 N–H and O–H groups in total. The van der Waals surface area contributed by atoms with Crippen LogP contribution in [-0.4, -0.2) is 25.8 Å². The van der Waals surface area contributed by atoms with E-state index in [2.05, 4.69) is 13.8 Å². The van der Waals surface area contributed by atoms with Gasteiger partial charge in [-0.15, -0.1) is 0 Å². The molecular formula is C14H19N3O2S. The fourth-order valence-electron chi connectivity index (χ4n) is 2.51. The Morgan fingerprint density at radius 3 is 2.65 bits per heavy atom. The molecule has 1 fully saturated rings. The van der Waals surface area contributed by atoms with Gasteiger partial charge in [0.15, 0.2) is 0 Å². The fraction of sp³-hybridized carbons (Fsp3) is 0.500. The van der Waals surface area contributed by atoms with E-state index in [1.807, 2.05) is 6.07 Å². The van der Waals surface area contributed by atoms with Crippen molar-refractivity contribution in [3.8, 4) is 6.07 Å². The van der Waals surface area contributed by atoms with Crippen LogP contribution in [0.15, 0.2) is 23.1 Å². The molecule has 20 heavy (non-hydrogen) atoms. The summed E-state index contributed by atoms with van der Waals surface area (Å²) in [4.78, 5) is 0.0981. The van der Waals surface area contributed by atoms with Crippen LogP contribution >= 0.6 is 0 Å². The molecule has 0 bridgehead atoms. The highest BCUT2D eigenvalue weighted by Gasteiger charge is 2.34. The Hall–Kier alpha value is -1.58. The van der Waals surface area contributed by atoms with Gasteiger partial charge in [-0.3, -0.25) is 0 Å². The summed E-state index contributed by atoms with van der Waals surface area (Å²) in [6.45, 7) is 5.29. The average molecular weight is 293 g/mol. The lowest BCUT2D eigenvalue weighted by Crippen LogP contribution is -2.30. The van der Waals surface area contributed by atoms with Gasteiger partial charge in [-0.1, -0.05) is 13.8 Å². The first-order valence-corrected chi connectivity index (χ1v) is 8.10. The van der Waals surface area contributed by atoms with E-state index in [9.17, 15) is 8.42 Å². The smallest absolute Gasteiger partial charge is 0.245 e. The van der Waals surface area contributed by atoms with Crippen molar-refractivity contribution < 1.29 is 8.42 Å². The molecule has 1 aliphatic heterocycles. The summed E-state index contributed by atoms with van der Waals surface area (Å²) < 4.78 is 26.7. The van der Waals surface area contributed by atoms with Crippen molar-refractivity contribution in [3.05, 3.63) is 23.8 Å². The first kappa shape index (κ1) is 14.8. The molecular weight excluding hydrogens is 274 g/mol. The molecule has 0 amide bonds. The van der Waals surface area contributed by atoms with Gasteiger partial charge in [0.25, 0.3) is 0 Å². The standard InChI is InChI=1S/C14H19N3O2S/c1-10(2)12-5-6-17(9-12)20(18,19)14-4-3-11(8-15)7-13(14)16/h3-4,7,10,12H,5-6,9,16H2,1-2H3. The number of nitrogens with zero attached hydrogens (tertiary/aromatic N) is 2. The van der Waals surface area contributed by atoms with Crippen molar-refractivity contribution in [3.63, 3.8) is 0 Å². The fourth-order valence-corrected chi connectivity index (χ4v) is 4.12. The summed E-state index contributed by atoms with van der Waals surface area (Å²) >= 11 is 0. The minimum Gasteiger partial charge on any atom is -0.398 e. The second-order valence-electron chi connectivity index (χ2n) is 5.52. The van der Waals surface area contributed by atoms with Crippen molar-refractivity contribution >= 4 is 15.7 Å². The second kappa shape index (κ2) is 5.43. The maximum absolute atomic E-state index is 12.6. The lowest BCUT2D eigenvalue weighted by atomic mass is 9.96. The summed E-state index contributed by atoms with van der Waals surface area (Å²) in [5.74, 6) is 0.859. The zero-order valence-corrected chi connectivity index (χ0v) is 12.5. The molecule has 1 saturated heterocycles. The van der Waals surface area contributed by atoms with E-state index in [0.717, 1.165) is 6.42 Å². The lowest BCUT2D eigenvalue weighted by molar-refractivity contribution is 0.388. The van der Waals surface area contributed by atoms with E-state index < -0.39 is 10.0 Å². The Morgan fingerprint density at radius 1 is 1.45 bits per heavy atom. The minimum atomic E-state index is -3.56. The van der Waals surface area contributed by atoms with Gasteiger partial charge < -0.3 is 5.73 Å². The van der Waals surface area contributed by atoms with Crippen LogP contribution in [0.4, 0.5) is 5.69 Å². The number of hydrogen-bond acceptors (Lipinski definition) is 4. The number of sulfonamides is 1. The molecule has 1 heterocycles. The Balaban J connectivity index is 2.30. The van der Waals surface area contributed by atoms with Crippen molar-refractivity contribution in [2.75, 3.05) is 18.8 Å². The van der Waals surface area contributed by atoms with E-state index in [0.29, 0.717) is 30.5 Å². The van der Waals surface area contributed by atoms with Crippen LogP contribution in [-0.2, 0) is 10.0 Å². The van der Waals surface area contributed by atoms with Crippen LogP contribution in [0.2, 0.25) is 0 Å². The Labute approximate surface area is 120 Å². The Morgan fingerprint density at radius 2 is 2.15 bits per heavy atom. The number of nitriles is 1. The van der Waals surface area contributed by atoms with Crippen LogP contribution in [0.1, 0.15) is 25.8 Å². The summed E-state index contributed by atoms with van der Waals surface area (Å²) in [6.07, 6.45) is 0.882. The normalized spacial score (nSPS) is 20.2. The molecule has 0 aromatic heterocycles. The van der Waals surface area contributed by atoms with E-state index in [4.69, 9.17) is 11.0 Å². The van der Waals surface area contributed by atoms with Crippen molar-refractivity contribution in [1.82, 2.24) is 4.31 Å². The predicted octanol–water partition coefficient (Wildman–Crippen LogP) is 1.81. The molecule has 0 spiro atoms. The Bertz CT molecular complexity index is 647. The van der Waals surface area contributed by atoms with Gasteiger partial charge in [-0.25, -0.2) is 8.42 Å². The molecule has 0 aliphatic carbocycles. The Kier molecular flexibility index (Phi) is 4.02. The van der Waals surface area contributed by atoms with Crippen LogP contribution in [0.5, 0.6) is 0 Å². The molecule has 0 radical (unpaired) electrons. The number of rotatable bonds is 3. The number of benzene rings is 1. The number of nitrogen functional groups attached to an aromatic ring is 1.